The maximum absolute atomic E-state index is 6.39. The maximum atomic E-state index is 6.39. The molecule has 0 aromatic heterocycles. The minimum atomic E-state index is 0.114. The van der Waals surface area contributed by atoms with E-state index in [0.29, 0.717) is 0 Å². The molecule has 0 aliphatic heterocycles. The van der Waals surface area contributed by atoms with Gasteiger partial charge in [0.25, 0.3) is 0 Å². The van der Waals surface area contributed by atoms with Crippen molar-refractivity contribution in [1.82, 2.24) is 0 Å². The lowest BCUT2D eigenvalue weighted by Crippen LogP contribution is -2.45. The highest BCUT2D eigenvalue weighted by Gasteiger charge is 2.38. The van der Waals surface area contributed by atoms with Crippen molar-refractivity contribution < 1.29 is 4.74 Å². The van der Waals surface area contributed by atoms with E-state index >= 15 is 0 Å². The van der Waals surface area contributed by atoms with Crippen LogP contribution in [0.5, 0.6) is 0 Å². The number of allylic oxidation sites excluding steroid dienone is 1. The molecule has 0 bridgehead atoms. The average molecular weight is 237 g/mol. The van der Waals surface area contributed by atoms with Crippen LogP contribution in [0.1, 0.15) is 64.2 Å². The van der Waals surface area contributed by atoms with Crippen molar-refractivity contribution in [2.45, 2.75) is 75.9 Å². The zero-order valence-electron chi connectivity index (χ0n) is 11.2. The van der Waals surface area contributed by atoms with Gasteiger partial charge in [0.05, 0.1) is 5.60 Å². The number of nitrogens with two attached hydrogens (primary N) is 1. The second-order valence-electron chi connectivity index (χ2n) is 5.78. The fourth-order valence-electron chi connectivity index (χ4n) is 3.15. The lowest BCUT2D eigenvalue weighted by molar-refractivity contribution is -0.0797. The topological polar surface area (TPSA) is 35.2 Å². The van der Waals surface area contributed by atoms with Gasteiger partial charge >= 0.3 is 0 Å². The number of hydrogen-bond acceptors (Lipinski definition) is 2. The molecule has 0 saturated heterocycles. The first kappa shape index (κ1) is 13.1. The summed E-state index contributed by atoms with van der Waals surface area (Å²) in [6, 6.07) is 0.230. The van der Waals surface area contributed by atoms with Crippen LogP contribution in [0.4, 0.5) is 0 Å². The van der Waals surface area contributed by atoms with E-state index in [2.05, 4.69) is 6.08 Å². The third-order valence-electron chi connectivity index (χ3n) is 4.59. The smallest absolute Gasteiger partial charge is 0.0696 e. The number of rotatable bonds is 4. The van der Waals surface area contributed by atoms with E-state index in [4.69, 9.17) is 10.5 Å². The largest absolute Gasteiger partial charge is 0.378 e. The first-order valence-corrected chi connectivity index (χ1v) is 7.25. The van der Waals surface area contributed by atoms with E-state index in [-0.39, 0.29) is 11.6 Å². The van der Waals surface area contributed by atoms with Gasteiger partial charge in [-0.1, -0.05) is 24.5 Å². The molecule has 0 aromatic rings. The summed E-state index contributed by atoms with van der Waals surface area (Å²) in [7, 11) is 1.85. The van der Waals surface area contributed by atoms with Crippen molar-refractivity contribution in [2.24, 2.45) is 5.73 Å². The van der Waals surface area contributed by atoms with Crippen molar-refractivity contribution >= 4 is 0 Å². The van der Waals surface area contributed by atoms with Gasteiger partial charge in [0, 0.05) is 13.2 Å². The molecule has 0 amide bonds. The molecule has 0 aromatic carbocycles. The summed E-state index contributed by atoms with van der Waals surface area (Å²) < 4.78 is 5.68. The second-order valence-corrected chi connectivity index (χ2v) is 5.78. The van der Waals surface area contributed by atoms with E-state index in [1.54, 1.807) is 0 Å². The van der Waals surface area contributed by atoms with E-state index in [1.807, 2.05) is 7.11 Å². The van der Waals surface area contributed by atoms with E-state index in [1.165, 1.54) is 63.4 Å². The molecule has 2 aliphatic rings. The Morgan fingerprint density at radius 3 is 2.65 bits per heavy atom. The van der Waals surface area contributed by atoms with Gasteiger partial charge in [0.15, 0.2) is 0 Å². The number of ether oxygens (including phenoxy) is 1. The van der Waals surface area contributed by atoms with Gasteiger partial charge in [0.1, 0.15) is 0 Å². The summed E-state index contributed by atoms with van der Waals surface area (Å²) in [6.07, 6.45) is 15.0. The predicted octanol–water partition coefficient (Wildman–Crippen LogP) is 3.55. The van der Waals surface area contributed by atoms with Gasteiger partial charge < -0.3 is 10.5 Å². The van der Waals surface area contributed by atoms with Crippen molar-refractivity contribution in [3.05, 3.63) is 11.6 Å². The van der Waals surface area contributed by atoms with Crippen molar-refractivity contribution in [3.63, 3.8) is 0 Å². The zero-order valence-corrected chi connectivity index (χ0v) is 11.2. The molecule has 1 atom stereocenters. The number of methoxy groups -OCH3 is 1. The summed E-state index contributed by atoms with van der Waals surface area (Å²) in [5.41, 5.74) is 8.00. The third kappa shape index (κ3) is 3.32. The van der Waals surface area contributed by atoms with Crippen LogP contribution in [0.3, 0.4) is 0 Å². The van der Waals surface area contributed by atoms with Crippen molar-refractivity contribution in [2.75, 3.05) is 7.11 Å². The molecule has 1 unspecified atom stereocenters. The molecule has 1 fully saturated rings. The van der Waals surface area contributed by atoms with Gasteiger partial charge in [-0.15, -0.1) is 0 Å². The van der Waals surface area contributed by atoms with Gasteiger partial charge in [-0.05, 0) is 51.4 Å². The summed E-state index contributed by atoms with van der Waals surface area (Å²) in [5, 5.41) is 0. The molecular weight excluding hydrogens is 210 g/mol. The molecule has 1 saturated carbocycles. The first-order valence-electron chi connectivity index (χ1n) is 7.25. The van der Waals surface area contributed by atoms with Crippen LogP contribution in [0.25, 0.3) is 0 Å². The van der Waals surface area contributed by atoms with E-state index < -0.39 is 0 Å². The van der Waals surface area contributed by atoms with Gasteiger partial charge in [-0.25, -0.2) is 0 Å². The molecule has 2 aliphatic carbocycles. The Kier molecular flexibility index (Phi) is 4.63. The minimum Gasteiger partial charge on any atom is -0.378 e. The highest BCUT2D eigenvalue weighted by atomic mass is 16.5. The fourth-order valence-corrected chi connectivity index (χ4v) is 3.15. The quantitative estimate of drug-likeness (QED) is 0.759. The standard InChI is InChI=1S/C15H27NO/c1-17-15(10-7-11-15)12-14(16)13-8-5-3-2-4-6-9-13/h8,14H,2-7,9-12,16H2,1H3. The average Bonchev–Trinajstić information content (AvgIpc) is 2.22. The van der Waals surface area contributed by atoms with Crippen LogP contribution in [0.2, 0.25) is 0 Å². The Bertz CT molecular complexity index is 263. The Hall–Kier alpha value is -0.340. The molecule has 2 heteroatoms. The zero-order chi connectivity index (χ0) is 12.1. The molecule has 2 rings (SSSR count). The highest BCUT2D eigenvalue weighted by molar-refractivity contribution is 5.13. The molecule has 2 N–H and O–H groups in total. The lowest BCUT2D eigenvalue weighted by Gasteiger charge is -2.42. The Morgan fingerprint density at radius 1 is 1.24 bits per heavy atom. The second kappa shape index (κ2) is 6.01. The lowest BCUT2D eigenvalue weighted by atomic mass is 9.74. The summed E-state index contributed by atoms with van der Waals surface area (Å²) in [4.78, 5) is 0. The Morgan fingerprint density at radius 2 is 2.00 bits per heavy atom. The normalized spacial score (nSPS) is 26.4. The molecule has 17 heavy (non-hydrogen) atoms. The Balaban J connectivity index is 1.91. The third-order valence-corrected chi connectivity index (χ3v) is 4.59. The van der Waals surface area contributed by atoms with Crippen LogP contribution < -0.4 is 5.73 Å². The van der Waals surface area contributed by atoms with Gasteiger partial charge in [0.2, 0.25) is 0 Å². The summed E-state index contributed by atoms with van der Waals surface area (Å²) in [6.45, 7) is 0. The molecular formula is C15H27NO. The van der Waals surface area contributed by atoms with Crippen LogP contribution in [-0.4, -0.2) is 18.8 Å². The predicted molar refractivity (Wildman–Crippen MR) is 72.0 cm³/mol. The van der Waals surface area contributed by atoms with Gasteiger partial charge in [-0.3, -0.25) is 0 Å². The van der Waals surface area contributed by atoms with Crippen LogP contribution in [0, 0.1) is 0 Å². The summed E-state index contributed by atoms with van der Waals surface area (Å²) in [5.74, 6) is 0. The van der Waals surface area contributed by atoms with Crippen LogP contribution in [0.15, 0.2) is 11.6 Å². The number of hydrogen-bond donors (Lipinski definition) is 1. The molecule has 2 nitrogen and oxygen atoms in total. The first-order chi connectivity index (χ1) is 8.26. The monoisotopic (exact) mass is 237 g/mol. The van der Waals surface area contributed by atoms with Crippen molar-refractivity contribution in [3.8, 4) is 0 Å². The minimum absolute atomic E-state index is 0.114. The highest BCUT2D eigenvalue weighted by Crippen LogP contribution is 2.40. The Labute approximate surface area is 106 Å². The van der Waals surface area contributed by atoms with Crippen molar-refractivity contribution in [1.29, 1.82) is 0 Å². The summed E-state index contributed by atoms with van der Waals surface area (Å²) >= 11 is 0. The van der Waals surface area contributed by atoms with Crippen LogP contribution in [-0.2, 0) is 4.74 Å². The van der Waals surface area contributed by atoms with E-state index in [9.17, 15) is 0 Å². The fraction of sp³-hybridized carbons (Fsp3) is 0.867. The van der Waals surface area contributed by atoms with Crippen LogP contribution >= 0.6 is 0 Å². The SMILES string of the molecule is COC1(CC(N)C2=CCCCCCC2)CCC1. The van der Waals surface area contributed by atoms with Gasteiger partial charge in [-0.2, -0.15) is 0 Å². The molecule has 0 radical (unpaired) electrons. The molecule has 0 spiro atoms. The van der Waals surface area contributed by atoms with E-state index in [0.717, 1.165) is 6.42 Å². The molecule has 98 valence electrons. The molecule has 0 heterocycles. The maximum Gasteiger partial charge on any atom is 0.0696 e.